The van der Waals surface area contributed by atoms with Gasteiger partial charge in [0.25, 0.3) is 0 Å². The fourth-order valence-corrected chi connectivity index (χ4v) is 2.05. The molecule has 1 aromatic heterocycles. The zero-order valence-corrected chi connectivity index (χ0v) is 12.4. The van der Waals surface area contributed by atoms with Gasteiger partial charge in [-0.2, -0.15) is 0 Å². The maximum atomic E-state index is 11.6. The summed E-state index contributed by atoms with van der Waals surface area (Å²) in [6.45, 7) is 2.58. The number of hydrogen-bond acceptors (Lipinski definition) is 4. The standard InChI is InChI=1S/C12H20N4O3S/c1-10(11-4-8-13-9-5-11)16-12(17)14-6-3-7-15-20(2,18)19/h4-5,8-10,15H,3,6-7H2,1-2H3,(H2,14,16,17)/t10-/m1/s1. The topological polar surface area (TPSA) is 100 Å². The smallest absolute Gasteiger partial charge is 0.315 e. The first kappa shape index (κ1) is 16.4. The highest BCUT2D eigenvalue weighted by molar-refractivity contribution is 7.88. The fraction of sp³-hybridized carbons (Fsp3) is 0.500. The van der Waals surface area contributed by atoms with Gasteiger partial charge in [-0.15, -0.1) is 0 Å². The van der Waals surface area contributed by atoms with Crippen molar-refractivity contribution in [2.75, 3.05) is 19.3 Å². The first-order chi connectivity index (χ1) is 9.38. The van der Waals surface area contributed by atoms with Crippen LogP contribution in [0.25, 0.3) is 0 Å². The van der Waals surface area contributed by atoms with Crippen LogP contribution in [-0.2, 0) is 10.0 Å². The van der Waals surface area contributed by atoms with Crippen LogP contribution in [0, 0.1) is 0 Å². The number of urea groups is 1. The van der Waals surface area contributed by atoms with Crippen LogP contribution in [0.15, 0.2) is 24.5 Å². The van der Waals surface area contributed by atoms with E-state index in [0.29, 0.717) is 19.5 Å². The van der Waals surface area contributed by atoms with E-state index in [9.17, 15) is 13.2 Å². The van der Waals surface area contributed by atoms with Crippen LogP contribution in [0.1, 0.15) is 24.9 Å². The number of rotatable bonds is 7. The molecular weight excluding hydrogens is 280 g/mol. The lowest BCUT2D eigenvalue weighted by Gasteiger charge is -2.14. The summed E-state index contributed by atoms with van der Waals surface area (Å²) in [5, 5.41) is 5.46. The summed E-state index contributed by atoms with van der Waals surface area (Å²) in [5.74, 6) is 0. The van der Waals surface area contributed by atoms with E-state index in [4.69, 9.17) is 0 Å². The molecule has 20 heavy (non-hydrogen) atoms. The summed E-state index contributed by atoms with van der Waals surface area (Å²) < 4.78 is 24.0. The zero-order valence-electron chi connectivity index (χ0n) is 11.6. The van der Waals surface area contributed by atoms with Crippen LogP contribution >= 0.6 is 0 Å². The van der Waals surface area contributed by atoms with Gasteiger partial charge in [-0.05, 0) is 31.0 Å². The second-order valence-corrected chi connectivity index (χ2v) is 6.26. The highest BCUT2D eigenvalue weighted by Crippen LogP contribution is 2.09. The Morgan fingerprint density at radius 1 is 1.30 bits per heavy atom. The Kier molecular flexibility index (Phi) is 6.40. The van der Waals surface area contributed by atoms with Crippen LogP contribution in [-0.4, -0.2) is 38.8 Å². The van der Waals surface area contributed by atoms with Gasteiger partial charge in [0.1, 0.15) is 0 Å². The van der Waals surface area contributed by atoms with Crippen LogP contribution in [0.2, 0.25) is 0 Å². The van der Waals surface area contributed by atoms with Crippen molar-refractivity contribution < 1.29 is 13.2 Å². The molecule has 0 aliphatic rings. The van der Waals surface area contributed by atoms with Gasteiger partial charge in [0.2, 0.25) is 10.0 Å². The molecule has 1 atom stereocenters. The molecule has 0 fully saturated rings. The number of pyridine rings is 1. The normalized spacial score (nSPS) is 12.7. The van der Waals surface area contributed by atoms with E-state index in [1.165, 1.54) is 0 Å². The maximum absolute atomic E-state index is 11.6. The summed E-state index contributed by atoms with van der Waals surface area (Å²) in [4.78, 5) is 15.5. The lowest BCUT2D eigenvalue weighted by Crippen LogP contribution is -2.38. The number of carbonyl (C=O) groups is 1. The van der Waals surface area contributed by atoms with Crippen molar-refractivity contribution in [1.29, 1.82) is 0 Å². The van der Waals surface area contributed by atoms with Crippen molar-refractivity contribution in [1.82, 2.24) is 20.3 Å². The maximum Gasteiger partial charge on any atom is 0.315 e. The van der Waals surface area contributed by atoms with Crippen molar-refractivity contribution in [2.45, 2.75) is 19.4 Å². The lowest BCUT2D eigenvalue weighted by atomic mass is 10.1. The summed E-state index contributed by atoms with van der Waals surface area (Å²) >= 11 is 0. The molecule has 0 aliphatic carbocycles. The van der Waals surface area contributed by atoms with E-state index in [1.807, 2.05) is 19.1 Å². The fourth-order valence-electron chi connectivity index (χ4n) is 1.53. The first-order valence-corrected chi connectivity index (χ1v) is 8.16. The van der Waals surface area contributed by atoms with Gasteiger partial charge < -0.3 is 10.6 Å². The van der Waals surface area contributed by atoms with Crippen LogP contribution < -0.4 is 15.4 Å². The van der Waals surface area contributed by atoms with Gasteiger partial charge in [0.05, 0.1) is 12.3 Å². The molecule has 1 aromatic rings. The molecule has 2 amide bonds. The molecule has 0 saturated carbocycles. The molecular formula is C12H20N4O3S. The van der Waals surface area contributed by atoms with E-state index in [1.54, 1.807) is 12.4 Å². The van der Waals surface area contributed by atoms with Gasteiger partial charge in [0.15, 0.2) is 0 Å². The molecule has 3 N–H and O–H groups in total. The van der Waals surface area contributed by atoms with E-state index < -0.39 is 10.0 Å². The van der Waals surface area contributed by atoms with E-state index in [2.05, 4.69) is 20.3 Å². The second-order valence-electron chi connectivity index (χ2n) is 4.42. The predicted molar refractivity (Wildman–Crippen MR) is 76.6 cm³/mol. The number of nitrogens with one attached hydrogen (secondary N) is 3. The van der Waals surface area contributed by atoms with E-state index in [0.717, 1.165) is 11.8 Å². The number of amides is 2. The quantitative estimate of drug-likeness (QED) is 0.634. The van der Waals surface area contributed by atoms with Gasteiger partial charge in [0, 0.05) is 25.5 Å². The third-order valence-electron chi connectivity index (χ3n) is 2.56. The van der Waals surface area contributed by atoms with Crippen molar-refractivity contribution >= 4 is 16.1 Å². The Bertz CT molecular complexity index is 519. The molecule has 0 saturated heterocycles. The second kappa shape index (κ2) is 7.81. The predicted octanol–water partition coefficient (Wildman–Crippen LogP) is 0.381. The van der Waals surface area contributed by atoms with Crippen LogP contribution in [0.4, 0.5) is 4.79 Å². The molecule has 7 nitrogen and oxygen atoms in total. The van der Waals surface area contributed by atoms with Crippen molar-refractivity contribution in [3.8, 4) is 0 Å². The van der Waals surface area contributed by atoms with Crippen LogP contribution in [0.3, 0.4) is 0 Å². The monoisotopic (exact) mass is 300 g/mol. The van der Waals surface area contributed by atoms with Crippen molar-refractivity contribution in [2.24, 2.45) is 0 Å². The summed E-state index contributed by atoms with van der Waals surface area (Å²) in [6.07, 6.45) is 4.97. The summed E-state index contributed by atoms with van der Waals surface area (Å²) in [5.41, 5.74) is 0.967. The highest BCUT2D eigenvalue weighted by atomic mass is 32.2. The van der Waals surface area contributed by atoms with E-state index >= 15 is 0 Å². The molecule has 0 unspecified atom stereocenters. The summed E-state index contributed by atoms with van der Waals surface area (Å²) in [7, 11) is -3.16. The molecule has 0 aromatic carbocycles. The number of nitrogens with zero attached hydrogens (tertiary/aromatic N) is 1. The molecule has 0 spiro atoms. The number of sulfonamides is 1. The Hall–Kier alpha value is -1.67. The minimum absolute atomic E-state index is 0.118. The van der Waals surface area contributed by atoms with Crippen molar-refractivity contribution in [3.05, 3.63) is 30.1 Å². The molecule has 1 rings (SSSR count). The third-order valence-corrected chi connectivity index (χ3v) is 3.29. The largest absolute Gasteiger partial charge is 0.338 e. The Balaban J connectivity index is 2.21. The minimum atomic E-state index is -3.16. The molecule has 0 bridgehead atoms. The van der Waals surface area contributed by atoms with Gasteiger partial charge in [-0.25, -0.2) is 17.9 Å². The average Bonchev–Trinajstić information content (AvgIpc) is 2.38. The van der Waals surface area contributed by atoms with Gasteiger partial charge >= 0.3 is 6.03 Å². The lowest BCUT2D eigenvalue weighted by molar-refractivity contribution is 0.238. The number of hydrogen-bond donors (Lipinski definition) is 3. The molecule has 1 heterocycles. The average molecular weight is 300 g/mol. The Morgan fingerprint density at radius 2 is 1.95 bits per heavy atom. The highest BCUT2D eigenvalue weighted by Gasteiger charge is 2.08. The van der Waals surface area contributed by atoms with Crippen LogP contribution in [0.5, 0.6) is 0 Å². The Labute approximate surface area is 119 Å². The molecule has 0 radical (unpaired) electrons. The molecule has 112 valence electrons. The van der Waals surface area contributed by atoms with Gasteiger partial charge in [-0.1, -0.05) is 0 Å². The minimum Gasteiger partial charge on any atom is -0.338 e. The van der Waals surface area contributed by atoms with Gasteiger partial charge in [-0.3, -0.25) is 4.98 Å². The zero-order chi connectivity index (χ0) is 15.0. The number of carbonyl (C=O) groups excluding carboxylic acids is 1. The third kappa shape index (κ3) is 7.05. The molecule has 0 aliphatic heterocycles. The van der Waals surface area contributed by atoms with Crippen molar-refractivity contribution in [3.63, 3.8) is 0 Å². The SMILES string of the molecule is C[C@@H](NC(=O)NCCCNS(C)(=O)=O)c1ccncc1. The first-order valence-electron chi connectivity index (χ1n) is 6.27. The Morgan fingerprint density at radius 3 is 2.55 bits per heavy atom. The number of aromatic nitrogens is 1. The summed E-state index contributed by atoms with van der Waals surface area (Å²) in [6, 6.07) is 3.27. The molecule has 8 heteroatoms. The van der Waals surface area contributed by atoms with E-state index in [-0.39, 0.29) is 12.1 Å².